The van der Waals surface area contributed by atoms with Crippen LogP contribution in [0, 0.1) is 0 Å². The van der Waals surface area contributed by atoms with Crippen LogP contribution in [0.1, 0.15) is 43.8 Å². The molecule has 0 radical (unpaired) electrons. The Labute approximate surface area is 135 Å². The number of nitrogens with zero attached hydrogens (tertiary/aromatic N) is 1. The zero-order valence-electron chi connectivity index (χ0n) is 13.1. The quantitative estimate of drug-likeness (QED) is 0.659. The van der Waals surface area contributed by atoms with Crippen molar-refractivity contribution in [3.05, 3.63) is 41.7 Å². The average molecular weight is 317 g/mol. The third kappa shape index (κ3) is 4.14. The first kappa shape index (κ1) is 16.2. The van der Waals surface area contributed by atoms with Crippen LogP contribution in [0.25, 0.3) is 0 Å². The van der Waals surface area contributed by atoms with Gasteiger partial charge in [-0.2, -0.15) is 0 Å². The zero-order valence-corrected chi connectivity index (χ0v) is 13.9. The lowest BCUT2D eigenvalue weighted by Crippen LogP contribution is -2.19. The Morgan fingerprint density at radius 1 is 1.23 bits per heavy atom. The van der Waals surface area contributed by atoms with Crippen molar-refractivity contribution in [3.63, 3.8) is 0 Å². The Hall–Kier alpha value is -2.21. The van der Waals surface area contributed by atoms with Crippen LogP contribution in [-0.4, -0.2) is 16.1 Å². The molecule has 1 heterocycles. The maximum Gasteiger partial charge on any atom is 0.176 e. The van der Waals surface area contributed by atoms with Crippen molar-refractivity contribution in [1.29, 1.82) is 0 Å². The Morgan fingerprint density at radius 2 is 1.95 bits per heavy atom. The highest BCUT2D eigenvalue weighted by Crippen LogP contribution is 2.24. The molecule has 0 fully saturated rings. The monoisotopic (exact) mass is 317 g/mol. The summed E-state index contributed by atoms with van der Waals surface area (Å²) >= 11 is 5.24. The van der Waals surface area contributed by atoms with Gasteiger partial charge in [0.25, 0.3) is 0 Å². The molecule has 0 atom stereocenters. The summed E-state index contributed by atoms with van der Waals surface area (Å²) in [5.41, 5.74) is 1.26. The summed E-state index contributed by atoms with van der Waals surface area (Å²) in [7, 11) is 0. The van der Waals surface area contributed by atoms with Gasteiger partial charge in [-0.25, -0.2) is 0 Å². The number of thiocarbonyl (C=S) groups is 1. The molecule has 5 nitrogen and oxygen atoms in total. The molecule has 2 N–H and O–H groups in total. The summed E-state index contributed by atoms with van der Waals surface area (Å²) in [6.07, 6.45) is 0. The van der Waals surface area contributed by atoms with Crippen molar-refractivity contribution in [1.82, 2.24) is 5.16 Å². The lowest BCUT2D eigenvalue weighted by Gasteiger charge is -2.12. The van der Waals surface area contributed by atoms with Gasteiger partial charge in [-0.15, -0.1) is 0 Å². The fourth-order valence-corrected chi connectivity index (χ4v) is 2.00. The minimum atomic E-state index is -0.113. The summed E-state index contributed by atoms with van der Waals surface area (Å²) in [5, 5.41) is 10.3. The highest BCUT2D eigenvalue weighted by molar-refractivity contribution is 7.80. The summed E-state index contributed by atoms with van der Waals surface area (Å²) < 4.78 is 5.29. The zero-order chi connectivity index (χ0) is 16.3. The van der Waals surface area contributed by atoms with Crippen LogP contribution in [0.3, 0.4) is 0 Å². The molecule has 0 spiro atoms. The number of carbonyl (C=O) groups excluding carboxylic acids is 1. The third-order valence-corrected chi connectivity index (χ3v) is 3.22. The molecule has 6 heteroatoms. The van der Waals surface area contributed by atoms with E-state index < -0.39 is 0 Å². The molecular weight excluding hydrogens is 298 g/mol. The Kier molecular flexibility index (Phi) is 4.61. The Morgan fingerprint density at radius 3 is 2.55 bits per heavy atom. The van der Waals surface area contributed by atoms with Crippen LogP contribution >= 0.6 is 12.2 Å². The number of anilines is 2. The maximum atomic E-state index is 11.4. The number of nitrogens with one attached hydrogen (secondary N) is 2. The van der Waals surface area contributed by atoms with Gasteiger partial charge in [-0.05, 0) is 31.3 Å². The van der Waals surface area contributed by atoms with Gasteiger partial charge in [0.2, 0.25) is 0 Å². The normalized spacial score (nSPS) is 11.1. The second-order valence-corrected chi connectivity index (χ2v) is 6.45. The van der Waals surface area contributed by atoms with Crippen molar-refractivity contribution in [2.75, 3.05) is 10.6 Å². The molecule has 0 bridgehead atoms. The molecule has 116 valence electrons. The van der Waals surface area contributed by atoms with Crippen LogP contribution in [0.2, 0.25) is 0 Å². The first-order valence-electron chi connectivity index (χ1n) is 6.92. The summed E-state index contributed by atoms with van der Waals surface area (Å²) in [4.78, 5) is 11.4. The van der Waals surface area contributed by atoms with E-state index in [-0.39, 0.29) is 11.2 Å². The number of hydrogen-bond acceptors (Lipinski definition) is 4. The van der Waals surface area contributed by atoms with Gasteiger partial charge in [0.15, 0.2) is 16.7 Å². The van der Waals surface area contributed by atoms with E-state index in [2.05, 4.69) is 15.8 Å². The lowest BCUT2D eigenvalue weighted by atomic mass is 9.93. The number of aromatic nitrogens is 1. The molecular formula is C16H19N3O2S. The number of ketones is 1. The van der Waals surface area contributed by atoms with Gasteiger partial charge < -0.3 is 15.2 Å². The van der Waals surface area contributed by atoms with Gasteiger partial charge >= 0.3 is 0 Å². The van der Waals surface area contributed by atoms with Gasteiger partial charge in [-0.1, -0.05) is 38.1 Å². The molecule has 2 rings (SSSR count). The molecule has 1 aromatic carbocycles. The van der Waals surface area contributed by atoms with Crippen LogP contribution in [0.4, 0.5) is 11.5 Å². The van der Waals surface area contributed by atoms with Gasteiger partial charge in [0.05, 0.1) is 0 Å². The molecule has 0 aliphatic heterocycles. The standard InChI is InChI=1S/C16H19N3O2S/c1-10(20)11-6-5-7-12(8-11)17-15(22)18-14-9-13(21-19-14)16(2,3)4/h5-9H,1-4H3,(H2,17,18,19,22). The molecule has 0 unspecified atom stereocenters. The SMILES string of the molecule is CC(=O)c1cccc(NC(=S)Nc2cc(C(C)(C)C)on2)c1. The van der Waals surface area contributed by atoms with Crippen LogP contribution < -0.4 is 10.6 Å². The van der Waals surface area contributed by atoms with Gasteiger partial charge in [-0.3, -0.25) is 4.79 Å². The lowest BCUT2D eigenvalue weighted by molar-refractivity contribution is 0.101. The van der Waals surface area contributed by atoms with E-state index in [4.69, 9.17) is 16.7 Å². The highest BCUT2D eigenvalue weighted by atomic mass is 32.1. The van der Waals surface area contributed by atoms with E-state index >= 15 is 0 Å². The van der Waals surface area contributed by atoms with E-state index in [0.29, 0.717) is 16.5 Å². The fraction of sp³-hybridized carbons (Fsp3) is 0.312. The fourth-order valence-electron chi connectivity index (χ4n) is 1.78. The number of carbonyl (C=O) groups is 1. The maximum absolute atomic E-state index is 11.4. The van der Waals surface area contributed by atoms with Crippen molar-refractivity contribution < 1.29 is 9.32 Å². The second kappa shape index (κ2) is 6.27. The first-order chi connectivity index (χ1) is 10.3. The van der Waals surface area contributed by atoms with E-state index in [1.165, 1.54) is 6.92 Å². The molecule has 0 amide bonds. The molecule has 0 saturated carbocycles. The van der Waals surface area contributed by atoms with E-state index in [1.807, 2.05) is 32.9 Å². The predicted molar refractivity (Wildman–Crippen MR) is 91.5 cm³/mol. The largest absolute Gasteiger partial charge is 0.359 e. The van der Waals surface area contributed by atoms with Crippen LogP contribution in [-0.2, 0) is 5.41 Å². The minimum absolute atomic E-state index is 0.00819. The number of hydrogen-bond donors (Lipinski definition) is 2. The highest BCUT2D eigenvalue weighted by Gasteiger charge is 2.19. The molecule has 0 aliphatic rings. The molecule has 22 heavy (non-hydrogen) atoms. The topological polar surface area (TPSA) is 67.2 Å². The molecule has 2 aromatic rings. The summed E-state index contributed by atoms with van der Waals surface area (Å²) in [5.74, 6) is 1.33. The Balaban J connectivity index is 2.03. The smallest absolute Gasteiger partial charge is 0.176 e. The van der Waals surface area contributed by atoms with Crippen molar-refractivity contribution in [3.8, 4) is 0 Å². The van der Waals surface area contributed by atoms with Crippen molar-refractivity contribution in [2.45, 2.75) is 33.1 Å². The molecule has 0 saturated heterocycles. The van der Waals surface area contributed by atoms with E-state index in [9.17, 15) is 4.79 Å². The minimum Gasteiger partial charge on any atom is -0.359 e. The predicted octanol–water partition coefficient (Wildman–Crippen LogP) is 3.98. The second-order valence-electron chi connectivity index (χ2n) is 6.04. The number of Topliss-reactive ketones (excluding diaryl/α,β-unsaturated/α-hetero) is 1. The average Bonchev–Trinajstić information content (AvgIpc) is 2.87. The molecule has 1 aromatic heterocycles. The van der Waals surface area contributed by atoms with Crippen LogP contribution in [0.15, 0.2) is 34.9 Å². The van der Waals surface area contributed by atoms with E-state index in [0.717, 1.165) is 11.4 Å². The van der Waals surface area contributed by atoms with Crippen LogP contribution in [0.5, 0.6) is 0 Å². The summed E-state index contributed by atoms with van der Waals surface area (Å²) in [6.45, 7) is 7.66. The van der Waals surface area contributed by atoms with E-state index in [1.54, 1.807) is 18.2 Å². The van der Waals surface area contributed by atoms with Gasteiger partial charge in [0.1, 0.15) is 5.76 Å². The number of rotatable bonds is 3. The molecule has 0 aliphatic carbocycles. The number of benzene rings is 1. The van der Waals surface area contributed by atoms with Crippen molar-refractivity contribution >= 4 is 34.6 Å². The van der Waals surface area contributed by atoms with Gasteiger partial charge in [0, 0.05) is 22.7 Å². The summed E-state index contributed by atoms with van der Waals surface area (Å²) in [6, 6.07) is 8.97. The Bertz CT molecular complexity index is 701. The van der Waals surface area contributed by atoms with Crippen molar-refractivity contribution in [2.24, 2.45) is 0 Å². The third-order valence-electron chi connectivity index (χ3n) is 3.02. The first-order valence-corrected chi connectivity index (χ1v) is 7.33.